The molecule has 2 aromatic carbocycles. The molecule has 0 saturated heterocycles. The van der Waals surface area contributed by atoms with Crippen molar-refractivity contribution in [3.63, 3.8) is 0 Å². The van der Waals surface area contributed by atoms with Crippen LogP contribution in [0, 0.1) is 12.7 Å². The van der Waals surface area contributed by atoms with Gasteiger partial charge < -0.3 is 10.6 Å². The number of halogens is 3. The lowest BCUT2D eigenvalue weighted by atomic mass is 10.1. The summed E-state index contributed by atoms with van der Waals surface area (Å²) in [5.41, 5.74) is 0.376. The van der Waals surface area contributed by atoms with Crippen LogP contribution in [-0.4, -0.2) is 22.0 Å². The van der Waals surface area contributed by atoms with E-state index >= 15 is 0 Å². The van der Waals surface area contributed by atoms with Gasteiger partial charge in [0.1, 0.15) is 5.82 Å². The number of benzene rings is 2. The molecule has 0 fully saturated rings. The van der Waals surface area contributed by atoms with Gasteiger partial charge in [-0.3, -0.25) is 14.7 Å². The molecule has 144 valence electrons. The predicted octanol–water partition coefficient (Wildman–Crippen LogP) is 4.30. The van der Waals surface area contributed by atoms with Crippen molar-refractivity contribution in [3.8, 4) is 0 Å². The van der Waals surface area contributed by atoms with Gasteiger partial charge in [-0.25, -0.2) is 13.2 Å². The van der Waals surface area contributed by atoms with E-state index in [4.69, 9.17) is 0 Å². The number of nitrogens with zero attached hydrogens (tertiary/aromatic N) is 1. The monoisotopic (exact) mass is 388 g/mol. The first kappa shape index (κ1) is 19.2. The molecule has 0 unspecified atom stereocenters. The molecule has 2 amide bonds. The van der Waals surface area contributed by atoms with Crippen molar-refractivity contribution in [1.82, 2.24) is 10.2 Å². The fourth-order valence-electron chi connectivity index (χ4n) is 2.49. The number of alkyl halides is 2. The van der Waals surface area contributed by atoms with Crippen molar-refractivity contribution in [2.24, 2.45) is 0 Å². The van der Waals surface area contributed by atoms with Crippen LogP contribution in [0.2, 0.25) is 0 Å². The minimum absolute atomic E-state index is 0.0826. The summed E-state index contributed by atoms with van der Waals surface area (Å²) in [5.74, 6) is -1.58. The topological polar surface area (TPSA) is 86.9 Å². The second-order valence-electron chi connectivity index (χ2n) is 5.91. The lowest BCUT2D eigenvalue weighted by Gasteiger charge is -2.09. The molecule has 3 aromatic rings. The highest BCUT2D eigenvalue weighted by Crippen LogP contribution is 2.28. The highest BCUT2D eigenvalue weighted by atomic mass is 19.3. The molecule has 3 N–H and O–H groups in total. The fraction of sp³-hybridized carbons (Fsp3) is 0.105. The van der Waals surface area contributed by atoms with Crippen LogP contribution in [0.3, 0.4) is 0 Å². The van der Waals surface area contributed by atoms with Gasteiger partial charge in [0.05, 0.1) is 11.4 Å². The summed E-state index contributed by atoms with van der Waals surface area (Å²) in [4.78, 5) is 24.6. The number of hydrogen-bond donors (Lipinski definition) is 3. The Morgan fingerprint density at radius 3 is 2.36 bits per heavy atom. The zero-order valence-corrected chi connectivity index (χ0v) is 14.6. The van der Waals surface area contributed by atoms with E-state index in [1.807, 2.05) is 0 Å². The third-order valence-electron chi connectivity index (χ3n) is 3.91. The second kappa shape index (κ2) is 7.95. The van der Waals surface area contributed by atoms with Gasteiger partial charge in [0.15, 0.2) is 5.69 Å². The van der Waals surface area contributed by atoms with Crippen LogP contribution < -0.4 is 10.6 Å². The molecule has 0 atom stereocenters. The van der Waals surface area contributed by atoms with E-state index in [0.717, 1.165) is 12.1 Å². The summed E-state index contributed by atoms with van der Waals surface area (Å²) >= 11 is 0. The maximum absolute atomic E-state index is 13.0. The standard InChI is InChI=1S/C19H15F3N4O2/c1-10-15(16(17(21)22)26-25-10)24-19(28)12-3-2-4-14(9-12)23-18(27)11-5-7-13(20)8-6-11/h2-9,17H,1H3,(H,23,27)(H,24,28)(H,25,26). The first-order valence-corrected chi connectivity index (χ1v) is 8.16. The molecule has 1 heterocycles. The molecule has 0 aliphatic heterocycles. The summed E-state index contributed by atoms with van der Waals surface area (Å²) < 4.78 is 38.9. The van der Waals surface area contributed by atoms with E-state index in [1.54, 1.807) is 6.07 Å². The molecule has 1 aromatic heterocycles. The van der Waals surface area contributed by atoms with Crippen LogP contribution in [0.15, 0.2) is 48.5 Å². The SMILES string of the molecule is Cc1[nH]nc(C(F)F)c1NC(=O)c1cccc(NC(=O)c2ccc(F)cc2)c1. The number of carbonyl (C=O) groups is 2. The van der Waals surface area contributed by atoms with Crippen molar-refractivity contribution in [2.75, 3.05) is 10.6 Å². The summed E-state index contributed by atoms with van der Waals surface area (Å²) in [5, 5.41) is 10.9. The average molecular weight is 388 g/mol. The number of anilines is 2. The Kier molecular flexibility index (Phi) is 5.44. The molecule has 0 bridgehead atoms. The van der Waals surface area contributed by atoms with Gasteiger partial charge in [-0.15, -0.1) is 0 Å². The van der Waals surface area contributed by atoms with Crippen molar-refractivity contribution in [2.45, 2.75) is 13.3 Å². The van der Waals surface area contributed by atoms with Crippen LogP contribution in [0.4, 0.5) is 24.5 Å². The summed E-state index contributed by atoms with van der Waals surface area (Å²) in [6.07, 6.45) is -2.85. The van der Waals surface area contributed by atoms with E-state index in [-0.39, 0.29) is 16.8 Å². The Balaban J connectivity index is 1.76. The number of amides is 2. The third-order valence-corrected chi connectivity index (χ3v) is 3.91. The Bertz CT molecular complexity index is 1020. The van der Waals surface area contributed by atoms with Crippen molar-refractivity contribution in [3.05, 3.63) is 76.9 Å². The fourth-order valence-corrected chi connectivity index (χ4v) is 2.49. The normalized spacial score (nSPS) is 10.8. The third kappa shape index (κ3) is 4.20. The Labute approximate surface area is 157 Å². The Morgan fingerprint density at radius 2 is 1.68 bits per heavy atom. The summed E-state index contributed by atoms with van der Waals surface area (Å²) in [6, 6.07) is 10.9. The van der Waals surface area contributed by atoms with Gasteiger partial charge in [0.25, 0.3) is 18.2 Å². The number of H-pyrrole nitrogens is 1. The highest BCUT2D eigenvalue weighted by Gasteiger charge is 2.21. The van der Waals surface area contributed by atoms with Crippen LogP contribution >= 0.6 is 0 Å². The lowest BCUT2D eigenvalue weighted by Crippen LogP contribution is -2.15. The summed E-state index contributed by atoms with van der Waals surface area (Å²) in [7, 11) is 0. The lowest BCUT2D eigenvalue weighted by molar-refractivity contribution is 0.101. The second-order valence-corrected chi connectivity index (χ2v) is 5.91. The zero-order chi connectivity index (χ0) is 20.3. The number of carbonyl (C=O) groups excluding carboxylic acids is 2. The molecular weight excluding hydrogens is 373 g/mol. The minimum atomic E-state index is -2.85. The van der Waals surface area contributed by atoms with Gasteiger partial charge in [0, 0.05) is 16.8 Å². The quantitative estimate of drug-likeness (QED) is 0.609. The van der Waals surface area contributed by atoms with E-state index in [9.17, 15) is 22.8 Å². The maximum atomic E-state index is 13.0. The number of rotatable bonds is 5. The largest absolute Gasteiger partial charge is 0.322 e. The smallest absolute Gasteiger partial charge is 0.284 e. The van der Waals surface area contributed by atoms with Crippen LogP contribution in [0.25, 0.3) is 0 Å². The molecule has 9 heteroatoms. The van der Waals surface area contributed by atoms with Crippen LogP contribution in [0.1, 0.15) is 38.5 Å². The zero-order valence-electron chi connectivity index (χ0n) is 14.6. The van der Waals surface area contributed by atoms with Gasteiger partial charge in [-0.05, 0) is 49.4 Å². The van der Waals surface area contributed by atoms with Crippen LogP contribution in [-0.2, 0) is 0 Å². The number of aromatic nitrogens is 2. The first-order chi connectivity index (χ1) is 13.3. The minimum Gasteiger partial charge on any atom is -0.322 e. The van der Waals surface area contributed by atoms with Crippen molar-refractivity contribution in [1.29, 1.82) is 0 Å². The molecule has 0 spiro atoms. The molecule has 0 saturated carbocycles. The molecule has 3 rings (SSSR count). The molecule has 0 radical (unpaired) electrons. The van der Waals surface area contributed by atoms with Gasteiger partial charge in [-0.2, -0.15) is 5.10 Å². The van der Waals surface area contributed by atoms with Gasteiger partial charge in [0.2, 0.25) is 0 Å². The number of hydrogen-bond acceptors (Lipinski definition) is 3. The van der Waals surface area contributed by atoms with E-state index in [0.29, 0.717) is 11.4 Å². The number of aryl methyl sites for hydroxylation is 1. The van der Waals surface area contributed by atoms with E-state index in [2.05, 4.69) is 20.8 Å². The average Bonchev–Trinajstić information content (AvgIpc) is 3.03. The molecular formula is C19H15F3N4O2. The summed E-state index contributed by atoms with van der Waals surface area (Å²) in [6.45, 7) is 1.51. The number of nitrogens with one attached hydrogen (secondary N) is 3. The van der Waals surface area contributed by atoms with Crippen LogP contribution in [0.5, 0.6) is 0 Å². The van der Waals surface area contributed by atoms with Crippen molar-refractivity contribution < 1.29 is 22.8 Å². The Morgan fingerprint density at radius 1 is 1.00 bits per heavy atom. The van der Waals surface area contributed by atoms with Gasteiger partial charge >= 0.3 is 0 Å². The molecule has 0 aliphatic carbocycles. The van der Waals surface area contributed by atoms with Crippen molar-refractivity contribution >= 4 is 23.2 Å². The van der Waals surface area contributed by atoms with E-state index in [1.165, 1.54) is 37.3 Å². The van der Waals surface area contributed by atoms with Gasteiger partial charge in [-0.1, -0.05) is 6.07 Å². The first-order valence-electron chi connectivity index (χ1n) is 8.16. The predicted molar refractivity (Wildman–Crippen MR) is 97.0 cm³/mol. The molecule has 28 heavy (non-hydrogen) atoms. The Hall–Kier alpha value is -3.62. The maximum Gasteiger partial charge on any atom is 0.284 e. The highest BCUT2D eigenvalue weighted by molar-refractivity contribution is 6.07. The molecule has 6 nitrogen and oxygen atoms in total. The molecule has 0 aliphatic rings. The van der Waals surface area contributed by atoms with E-state index < -0.39 is 29.8 Å². The number of aromatic amines is 1.